The van der Waals surface area contributed by atoms with Crippen molar-refractivity contribution in [2.45, 2.75) is 39.0 Å². The monoisotopic (exact) mass is 335 g/mol. The number of aromatic nitrogens is 1. The molecule has 1 saturated heterocycles. The number of likely N-dealkylation sites (tertiary alicyclic amines) is 1. The second kappa shape index (κ2) is 6.26. The zero-order valence-corrected chi connectivity index (χ0v) is 14.8. The zero-order valence-electron chi connectivity index (χ0n) is 14.0. The van der Waals surface area contributed by atoms with E-state index < -0.39 is 10.0 Å². The van der Waals surface area contributed by atoms with Crippen LogP contribution < -0.4 is 4.72 Å². The molecule has 1 aliphatic rings. The van der Waals surface area contributed by atoms with Crippen LogP contribution in [0, 0.1) is 13.8 Å². The average Bonchev–Trinajstić information content (AvgIpc) is 3.11. The topological polar surface area (TPSA) is 65.2 Å². The Morgan fingerprint density at radius 3 is 2.87 bits per heavy atom. The van der Waals surface area contributed by atoms with Gasteiger partial charge in [0.1, 0.15) is 0 Å². The van der Waals surface area contributed by atoms with Gasteiger partial charge in [-0.3, -0.25) is 4.90 Å². The molecule has 0 saturated carbocycles. The molecule has 23 heavy (non-hydrogen) atoms. The van der Waals surface area contributed by atoms with E-state index in [0.717, 1.165) is 24.3 Å². The summed E-state index contributed by atoms with van der Waals surface area (Å²) in [5.41, 5.74) is 4.90. The molecule has 0 radical (unpaired) electrons. The number of nitrogens with zero attached hydrogens (tertiary/aromatic N) is 1. The number of hydrogen-bond acceptors (Lipinski definition) is 3. The molecule has 3 rings (SSSR count). The van der Waals surface area contributed by atoms with Crippen molar-refractivity contribution in [3.8, 4) is 0 Å². The van der Waals surface area contributed by atoms with Gasteiger partial charge < -0.3 is 4.98 Å². The Balaban J connectivity index is 1.73. The highest BCUT2D eigenvalue weighted by atomic mass is 32.2. The summed E-state index contributed by atoms with van der Waals surface area (Å²) in [7, 11) is -3.17. The van der Waals surface area contributed by atoms with Crippen molar-refractivity contribution in [3.63, 3.8) is 0 Å². The summed E-state index contributed by atoms with van der Waals surface area (Å²) < 4.78 is 26.8. The molecule has 2 N–H and O–H groups in total. The van der Waals surface area contributed by atoms with Crippen LogP contribution in [-0.4, -0.2) is 43.2 Å². The second-order valence-corrected chi connectivity index (χ2v) is 8.50. The summed E-state index contributed by atoms with van der Waals surface area (Å²) in [4.78, 5) is 5.68. The molecule has 2 heterocycles. The molecule has 0 spiro atoms. The number of aromatic amines is 1. The fourth-order valence-electron chi connectivity index (χ4n) is 3.35. The van der Waals surface area contributed by atoms with Gasteiger partial charge in [0, 0.05) is 36.2 Å². The first-order valence-electron chi connectivity index (χ1n) is 8.19. The fourth-order valence-corrected chi connectivity index (χ4v) is 4.82. The van der Waals surface area contributed by atoms with Crippen molar-refractivity contribution < 1.29 is 8.42 Å². The minimum Gasteiger partial charge on any atom is -0.357 e. The van der Waals surface area contributed by atoms with Gasteiger partial charge in [0.25, 0.3) is 0 Å². The third-order valence-corrected chi connectivity index (χ3v) is 6.76. The standard InChI is InChI=1S/C17H25N3O2S/c1-4-18-23(21,22)15-7-8-20(11-15)10-14-9-16-13(3)12(2)5-6-17(16)19-14/h5-6,9,15,18-19H,4,7-8,10-11H2,1-3H3/t15-/m1/s1. The summed E-state index contributed by atoms with van der Waals surface area (Å²) in [6.45, 7) is 8.73. The molecule has 0 bridgehead atoms. The number of hydrogen-bond donors (Lipinski definition) is 2. The van der Waals surface area contributed by atoms with E-state index in [0.29, 0.717) is 19.5 Å². The molecule has 0 unspecified atom stereocenters. The first-order chi connectivity index (χ1) is 10.9. The SMILES string of the molecule is CCNS(=O)(=O)[C@@H]1CCN(Cc2cc3c(C)c(C)ccc3[nH]2)C1. The van der Waals surface area contributed by atoms with Gasteiger partial charge in [0.05, 0.1) is 5.25 Å². The van der Waals surface area contributed by atoms with Crippen molar-refractivity contribution in [3.05, 3.63) is 35.0 Å². The fraction of sp³-hybridized carbons (Fsp3) is 0.529. The number of sulfonamides is 1. The van der Waals surface area contributed by atoms with Crippen LogP contribution in [-0.2, 0) is 16.6 Å². The van der Waals surface area contributed by atoms with Crippen molar-refractivity contribution in [2.24, 2.45) is 0 Å². The lowest BCUT2D eigenvalue weighted by molar-refractivity contribution is 0.328. The van der Waals surface area contributed by atoms with Crippen LogP contribution in [0.25, 0.3) is 10.9 Å². The first kappa shape index (κ1) is 16.5. The lowest BCUT2D eigenvalue weighted by Crippen LogP contribution is -2.36. The Hall–Kier alpha value is -1.37. The number of H-pyrrole nitrogens is 1. The molecule has 6 heteroatoms. The minimum absolute atomic E-state index is 0.296. The number of aryl methyl sites for hydroxylation is 2. The van der Waals surface area contributed by atoms with Crippen molar-refractivity contribution in [1.29, 1.82) is 0 Å². The molecular weight excluding hydrogens is 310 g/mol. The molecule has 1 aromatic heterocycles. The van der Waals surface area contributed by atoms with Crippen LogP contribution in [0.3, 0.4) is 0 Å². The largest absolute Gasteiger partial charge is 0.357 e. The lowest BCUT2D eigenvalue weighted by Gasteiger charge is -2.15. The molecular formula is C17H25N3O2S. The highest BCUT2D eigenvalue weighted by Crippen LogP contribution is 2.24. The molecule has 126 valence electrons. The Bertz CT molecular complexity index is 811. The molecule has 0 amide bonds. The van der Waals surface area contributed by atoms with Crippen LogP contribution in [0.1, 0.15) is 30.2 Å². The predicted octanol–water partition coefficient (Wildman–Crippen LogP) is 2.30. The highest BCUT2D eigenvalue weighted by Gasteiger charge is 2.32. The summed E-state index contributed by atoms with van der Waals surface area (Å²) >= 11 is 0. The predicted molar refractivity (Wildman–Crippen MR) is 94.1 cm³/mol. The molecule has 1 atom stereocenters. The van der Waals surface area contributed by atoms with Crippen LogP contribution in [0.15, 0.2) is 18.2 Å². The van der Waals surface area contributed by atoms with Crippen LogP contribution in [0.4, 0.5) is 0 Å². The van der Waals surface area contributed by atoms with Gasteiger partial charge in [-0.1, -0.05) is 13.0 Å². The van der Waals surface area contributed by atoms with Gasteiger partial charge in [-0.05, 0) is 50.1 Å². The number of rotatable bonds is 5. The lowest BCUT2D eigenvalue weighted by atomic mass is 10.1. The van der Waals surface area contributed by atoms with Crippen molar-refractivity contribution >= 4 is 20.9 Å². The van der Waals surface area contributed by atoms with E-state index in [2.05, 4.69) is 46.7 Å². The van der Waals surface area contributed by atoms with Gasteiger partial charge in [-0.25, -0.2) is 13.1 Å². The molecule has 1 aromatic carbocycles. The van der Waals surface area contributed by atoms with E-state index in [4.69, 9.17) is 0 Å². The van der Waals surface area contributed by atoms with Gasteiger partial charge in [-0.15, -0.1) is 0 Å². The number of nitrogens with one attached hydrogen (secondary N) is 2. The molecule has 5 nitrogen and oxygen atoms in total. The maximum absolute atomic E-state index is 12.1. The third kappa shape index (κ3) is 3.29. The number of fused-ring (bicyclic) bond motifs is 1. The highest BCUT2D eigenvalue weighted by molar-refractivity contribution is 7.90. The Labute approximate surface area is 138 Å². The van der Waals surface area contributed by atoms with E-state index in [1.54, 1.807) is 0 Å². The molecule has 0 aliphatic carbocycles. The summed E-state index contributed by atoms with van der Waals surface area (Å²) in [5.74, 6) is 0. The van der Waals surface area contributed by atoms with E-state index in [-0.39, 0.29) is 5.25 Å². The maximum atomic E-state index is 12.1. The third-order valence-electron chi connectivity index (χ3n) is 4.81. The van der Waals surface area contributed by atoms with E-state index >= 15 is 0 Å². The first-order valence-corrected chi connectivity index (χ1v) is 9.74. The van der Waals surface area contributed by atoms with Gasteiger partial charge in [0.15, 0.2) is 0 Å². The Morgan fingerprint density at radius 2 is 2.13 bits per heavy atom. The van der Waals surface area contributed by atoms with Gasteiger partial charge in [-0.2, -0.15) is 0 Å². The number of benzene rings is 1. The Morgan fingerprint density at radius 1 is 1.35 bits per heavy atom. The maximum Gasteiger partial charge on any atom is 0.215 e. The van der Waals surface area contributed by atoms with Crippen molar-refractivity contribution in [1.82, 2.24) is 14.6 Å². The molecule has 2 aromatic rings. The average molecular weight is 335 g/mol. The van der Waals surface area contributed by atoms with Crippen LogP contribution >= 0.6 is 0 Å². The van der Waals surface area contributed by atoms with Gasteiger partial charge >= 0.3 is 0 Å². The Kier molecular flexibility index (Phi) is 4.49. The zero-order chi connectivity index (χ0) is 16.6. The van der Waals surface area contributed by atoms with E-state index in [1.807, 2.05) is 6.92 Å². The van der Waals surface area contributed by atoms with Gasteiger partial charge in [0.2, 0.25) is 10.0 Å². The normalized spacial score (nSPS) is 19.7. The van der Waals surface area contributed by atoms with Crippen LogP contribution in [0.5, 0.6) is 0 Å². The summed E-state index contributed by atoms with van der Waals surface area (Å²) in [6, 6.07) is 6.44. The van der Waals surface area contributed by atoms with E-state index in [1.165, 1.54) is 16.5 Å². The summed E-state index contributed by atoms with van der Waals surface area (Å²) in [6.07, 6.45) is 0.702. The smallest absolute Gasteiger partial charge is 0.215 e. The molecule has 1 aliphatic heterocycles. The van der Waals surface area contributed by atoms with E-state index in [9.17, 15) is 8.42 Å². The molecule has 1 fully saturated rings. The van der Waals surface area contributed by atoms with Crippen LogP contribution in [0.2, 0.25) is 0 Å². The second-order valence-electron chi connectivity index (χ2n) is 6.45. The quantitative estimate of drug-likeness (QED) is 0.881. The minimum atomic E-state index is -3.17. The summed E-state index contributed by atoms with van der Waals surface area (Å²) in [5, 5.41) is 0.965. The van der Waals surface area contributed by atoms with Crippen molar-refractivity contribution in [2.75, 3.05) is 19.6 Å².